The average molecular weight is 306 g/mol. The first-order valence-electron chi connectivity index (χ1n) is 7.45. The number of halogens is 3. The second-order valence-electron chi connectivity index (χ2n) is 6.04. The van der Waals surface area contributed by atoms with Gasteiger partial charge in [0.2, 0.25) is 11.8 Å². The van der Waals surface area contributed by atoms with Crippen molar-refractivity contribution in [1.82, 2.24) is 4.90 Å². The normalized spacial score (nSPS) is 28.4. The van der Waals surface area contributed by atoms with Gasteiger partial charge in [-0.2, -0.15) is 13.2 Å². The van der Waals surface area contributed by atoms with Gasteiger partial charge in [-0.25, -0.2) is 0 Å². The number of nitrogens with two attached hydrogens (primary N) is 1. The molecule has 0 aromatic heterocycles. The molecule has 120 valence electrons. The lowest BCUT2D eigenvalue weighted by Gasteiger charge is -2.38. The van der Waals surface area contributed by atoms with E-state index in [-0.39, 0.29) is 12.3 Å². The van der Waals surface area contributed by atoms with Crippen molar-refractivity contribution in [3.8, 4) is 0 Å². The zero-order chi connectivity index (χ0) is 15.6. The van der Waals surface area contributed by atoms with Crippen molar-refractivity contribution in [1.29, 1.82) is 0 Å². The Kier molecular flexibility index (Phi) is 4.78. The second kappa shape index (κ2) is 6.23. The molecule has 4 nitrogen and oxygen atoms in total. The molecule has 1 aliphatic carbocycles. The number of carbonyl (C=O) groups is 2. The summed E-state index contributed by atoms with van der Waals surface area (Å²) in [6, 6.07) is 0. The molecule has 2 rings (SSSR count). The Balaban J connectivity index is 2.00. The van der Waals surface area contributed by atoms with Gasteiger partial charge in [0.25, 0.3) is 0 Å². The Morgan fingerprint density at radius 1 is 1.00 bits per heavy atom. The highest BCUT2D eigenvalue weighted by Crippen LogP contribution is 2.42. The van der Waals surface area contributed by atoms with Crippen LogP contribution in [0.15, 0.2) is 0 Å². The largest absolute Gasteiger partial charge is 0.392 e. The van der Waals surface area contributed by atoms with Crippen LogP contribution in [0.2, 0.25) is 0 Å². The summed E-state index contributed by atoms with van der Waals surface area (Å²) in [4.78, 5) is 25.0. The summed E-state index contributed by atoms with van der Waals surface area (Å²) in [6.07, 6.45) is -1.88. The zero-order valence-corrected chi connectivity index (χ0v) is 11.9. The molecule has 0 radical (unpaired) electrons. The van der Waals surface area contributed by atoms with Crippen LogP contribution in [-0.4, -0.2) is 36.0 Å². The molecule has 2 N–H and O–H groups in total. The van der Waals surface area contributed by atoms with Gasteiger partial charge in [-0.1, -0.05) is 12.8 Å². The number of hydrogen-bond acceptors (Lipinski definition) is 2. The monoisotopic (exact) mass is 306 g/mol. The molecule has 1 saturated heterocycles. The molecule has 0 aromatic carbocycles. The molecule has 7 heteroatoms. The summed E-state index contributed by atoms with van der Waals surface area (Å²) in [7, 11) is 0. The van der Waals surface area contributed by atoms with E-state index in [1.165, 1.54) is 4.90 Å². The van der Waals surface area contributed by atoms with Gasteiger partial charge in [0.1, 0.15) is 0 Å². The van der Waals surface area contributed by atoms with E-state index < -0.39 is 29.8 Å². The van der Waals surface area contributed by atoms with Crippen LogP contribution < -0.4 is 5.73 Å². The fraction of sp³-hybridized carbons (Fsp3) is 0.857. The Hall–Kier alpha value is -1.27. The van der Waals surface area contributed by atoms with Gasteiger partial charge >= 0.3 is 6.18 Å². The number of likely N-dealkylation sites (tertiary alicyclic amines) is 1. The van der Waals surface area contributed by atoms with E-state index in [4.69, 9.17) is 5.73 Å². The number of hydrogen-bond donors (Lipinski definition) is 1. The molecular weight excluding hydrogens is 285 g/mol. The number of alkyl halides is 3. The minimum absolute atomic E-state index is 0.0393. The Morgan fingerprint density at radius 3 is 2.10 bits per heavy atom. The SMILES string of the molecule is NC(=O)C1CCN(C(=O)C2CCCCC2C(F)(F)F)CC1. The van der Waals surface area contributed by atoms with Crippen LogP contribution in [0.4, 0.5) is 13.2 Å². The zero-order valence-electron chi connectivity index (χ0n) is 11.9. The Morgan fingerprint density at radius 2 is 1.57 bits per heavy atom. The number of nitrogens with zero attached hydrogens (tertiary/aromatic N) is 1. The van der Waals surface area contributed by atoms with E-state index in [1.54, 1.807) is 0 Å². The lowest BCUT2D eigenvalue weighted by atomic mass is 9.77. The van der Waals surface area contributed by atoms with E-state index in [1.807, 2.05) is 0 Å². The third kappa shape index (κ3) is 3.68. The maximum absolute atomic E-state index is 13.1. The first kappa shape index (κ1) is 16.1. The van der Waals surface area contributed by atoms with Crippen LogP contribution in [0.3, 0.4) is 0 Å². The summed E-state index contributed by atoms with van der Waals surface area (Å²) in [5, 5.41) is 0. The minimum atomic E-state index is -4.31. The van der Waals surface area contributed by atoms with Crippen molar-refractivity contribution in [3.05, 3.63) is 0 Å². The van der Waals surface area contributed by atoms with E-state index in [0.717, 1.165) is 0 Å². The highest BCUT2D eigenvalue weighted by atomic mass is 19.4. The van der Waals surface area contributed by atoms with Gasteiger partial charge in [-0.3, -0.25) is 9.59 Å². The second-order valence-corrected chi connectivity index (χ2v) is 6.04. The highest BCUT2D eigenvalue weighted by Gasteiger charge is 2.49. The highest BCUT2D eigenvalue weighted by molar-refractivity contribution is 5.80. The topological polar surface area (TPSA) is 63.4 Å². The van der Waals surface area contributed by atoms with E-state index in [9.17, 15) is 22.8 Å². The van der Waals surface area contributed by atoms with Gasteiger partial charge in [0.15, 0.2) is 0 Å². The first-order chi connectivity index (χ1) is 9.80. The third-order valence-electron chi connectivity index (χ3n) is 4.71. The molecule has 2 atom stereocenters. The molecular formula is C14H21F3N2O2. The van der Waals surface area contributed by atoms with Crippen LogP contribution >= 0.6 is 0 Å². The van der Waals surface area contributed by atoms with Crippen molar-refractivity contribution < 1.29 is 22.8 Å². The van der Waals surface area contributed by atoms with Gasteiger partial charge in [-0.05, 0) is 25.7 Å². The molecule has 1 aliphatic heterocycles. The molecule has 1 saturated carbocycles. The molecule has 0 spiro atoms. The van der Waals surface area contributed by atoms with Crippen LogP contribution in [0.1, 0.15) is 38.5 Å². The number of carbonyl (C=O) groups excluding carboxylic acids is 2. The van der Waals surface area contributed by atoms with Crippen molar-refractivity contribution in [2.75, 3.05) is 13.1 Å². The summed E-state index contributed by atoms with van der Waals surface area (Å²) >= 11 is 0. The van der Waals surface area contributed by atoms with Gasteiger partial charge in [0.05, 0.1) is 5.92 Å². The smallest absolute Gasteiger partial charge is 0.369 e. The molecule has 21 heavy (non-hydrogen) atoms. The van der Waals surface area contributed by atoms with Crippen LogP contribution in [0.25, 0.3) is 0 Å². The maximum Gasteiger partial charge on any atom is 0.392 e. The van der Waals surface area contributed by atoms with E-state index in [2.05, 4.69) is 0 Å². The molecule has 0 aromatic rings. The molecule has 1 heterocycles. The third-order valence-corrected chi connectivity index (χ3v) is 4.71. The van der Waals surface area contributed by atoms with Crippen molar-refractivity contribution >= 4 is 11.8 Å². The predicted molar refractivity (Wildman–Crippen MR) is 70.0 cm³/mol. The van der Waals surface area contributed by atoms with E-state index >= 15 is 0 Å². The standard InChI is InChI=1S/C14H21F3N2O2/c15-14(16,17)11-4-2-1-3-10(11)13(21)19-7-5-9(6-8-19)12(18)20/h9-11H,1-8H2,(H2,18,20). The van der Waals surface area contributed by atoms with Crippen LogP contribution in [0.5, 0.6) is 0 Å². The number of piperidine rings is 1. The molecule has 0 bridgehead atoms. The quantitative estimate of drug-likeness (QED) is 0.849. The fourth-order valence-corrected chi connectivity index (χ4v) is 3.44. The summed E-state index contributed by atoms with van der Waals surface area (Å²) in [5.74, 6) is -3.54. The fourth-order valence-electron chi connectivity index (χ4n) is 3.44. The molecule has 2 fully saturated rings. The van der Waals surface area contributed by atoms with Crippen LogP contribution in [-0.2, 0) is 9.59 Å². The van der Waals surface area contributed by atoms with Crippen molar-refractivity contribution in [2.45, 2.75) is 44.7 Å². The Labute approximate surface area is 121 Å². The molecule has 2 aliphatic rings. The predicted octanol–water partition coefficient (Wildman–Crippen LogP) is 2.08. The number of rotatable bonds is 2. The summed E-state index contributed by atoms with van der Waals surface area (Å²) in [6.45, 7) is 0.654. The Bertz CT molecular complexity index is 404. The van der Waals surface area contributed by atoms with Gasteiger partial charge in [-0.15, -0.1) is 0 Å². The molecule has 2 amide bonds. The summed E-state index contributed by atoms with van der Waals surface area (Å²) < 4.78 is 39.2. The number of amides is 2. The van der Waals surface area contributed by atoms with Gasteiger partial charge < -0.3 is 10.6 Å². The van der Waals surface area contributed by atoms with Crippen molar-refractivity contribution in [2.24, 2.45) is 23.5 Å². The minimum Gasteiger partial charge on any atom is -0.369 e. The van der Waals surface area contributed by atoms with Crippen molar-refractivity contribution in [3.63, 3.8) is 0 Å². The average Bonchev–Trinajstić information content (AvgIpc) is 2.45. The maximum atomic E-state index is 13.1. The molecule has 2 unspecified atom stereocenters. The number of primary amides is 1. The van der Waals surface area contributed by atoms with Gasteiger partial charge in [0, 0.05) is 24.9 Å². The van der Waals surface area contributed by atoms with E-state index in [0.29, 0.717) is 45.2 Å². The van der Waals surface area contributed by atoms with Crippen LogP contribution in [0, 0.1) is 17.8 Å². The first-order valence-corrected chi connectivity index (χ1v) is 7.45. The summed E-state index contributed by atoms with van der Waals surface area (Å²) in [5.41, 5.74) is 5.22. The lowest BCUT2D eigenvalue weighted by Crippen LogP contribution is -2.48. The lowest BCUT2D eigenvalue weighted by molar-refractivity contribution is -0.201.